The number of anilines is 6. The van der Waals surface area contributed by atoms with Crippen molar-refractivity contribution in [3.63, 3.8) is 0 Å². The van der Waals surface area contributed by atoms with Gasteiger partial charge in [-0.3, -0.25) is 20.0 Å². The maximum atomic E-state index is 12.9. The van der Waals surface area contributed by atoms with Crippen LogP contribution in [0.1, 0.15) is 39.5 Å². The molecule has 67 heavy (non-hydrogen) atoms. The molecule has 19 nitrogen and oxygen atoms in total. The molecular formula is C47H54N7O12P. The third-order valence-electron chi connectivity index (χ3n) is 9.38. The summed E-state index contributed by atoms with van der Waals surface area (Å²) in [4.78, 5) is 73.5. The van der Waals surface area contributed by atoms with Crippen molar-refractivity contribution in [3.8, 4) is 0 Å². The molecule has 0 spiro atoms. The Bertz CT molecular complexity index is 2520. The maximum Gasteiger partial charge on any atom is 0.414 e. The van der Waals surface area contributed by atoms with Crippen molar-refractivity contribution in [2.75, 3.05) is 93.2 Å². The average Bonchev–Trinajstić information content (AvgIpc) is 3.27. The number of hydrogen-bond acceptors (Lipinski definition) is 13. The lowest BCUT2D eigenvalue weighted by atomic mass is 10.0. The molecule has 1 unspecified atom stereocenters. The Morgan fingerprint density at radius 2 is 0.955 bits per heavy atom. The smallest absolute Gasteiger partial charge is 0.414 e. The van der Waals surface area contributed by atoms with Crippen molar-refractivity contribution in [1.29, 1.82) is 0 Å². The van der Waals surface area contributed by atoms with Gasteiger partial charge in [-0.25, -0.2) is 19.2 Å². The van der Waals surface area contributed by atoms with Crippen LogP contribution in [0.15, 0.2) is 115 Å². The van der Waals surface area contributed by atoms with Crippen molar-refractivity contribution in [1.82, 2.24) is 0 Å². The summed E-state index contributed by atoms with van der Waals surface area (Å²) in [7, 11) is 2.74. The molecule has 0 saturated heterocycles. The molecule has 0 aliphatic rings. The molecule has 0 heterocycles. The number of carbonyl (C=O) groups excluding carboxylic acids is 5. The van der Waals surface area contributed by atoms with E-state index >= 15 is 0 Å². The first-order valence-electron chi connectivity index (χ1n) is 20.9. The Morgan fingerprint density at radius 3 is 1.40 bits per heavy atom. The largest absolute Gasteiger partial charge is 0.756 e. The van der Waals surface area contributed by atoms with Crippen LogP contribution in [0.2, 0.25) is 0 Å². The quantitative estimate of drug-likeness (QED) is 0.0136. The minimum absolute atomic E-state index is 0.0544. The van der Waals surface area contributed by atoms with Crippen LogP contribution in [0.5, 0.6) is 0 Å². The zero-order valence-electron chi connectivity index (χ0n) is 37.7. The van der Waals surface area contributed by atoms with Gasteiger partial charge in [0, 0.05) is 48.1 Å². The summed E-state index contributed by atoms with van der Waals surface area (Å²) in [6.07, 6.45) is -0.398. The Balaban J connectivity index is 0.988. The summed E-state index contributed by atoms with van der Waals surface area (Å²) in [6.45, 7) is 0.452. The lowest BCUT2D eigenvalue weighted by Gasteiger charge is -2.27. The molecule has 20 heteroatoms. The molecule has 354 valence electrons. The highest BCUT2D eigenvalue weighted by Gasteiger charge is 2.16. The second kappa shape index (κ2) is 24.3. The zero-order chi connectivity index (χ0) is 48.4. The van der Waals surface area contributed by atoms with Crippen molar-refractivity contribution in [2.45, 2.75) is 19.8 Å². The molecule has 0 radical (unpaired) electrons. The minimum atomic E-state index is -4.57. The van der Waals surface area contributed by atoms with Crippen molar-refractivity contribution in [2.24, 2.45) is 0 Å². The van der Waals surface area contributed by atoms with Gasteiger partial charge >= 0.3 is 24.2 Å². The number of phosphoric acid groups is 1. The van der Waals surface area contributed by atoms with Gasteiger partial charge < -0.3 is 53.9 Å². The molecule has 1 atom stereocenters. The number of benzene rings is 5. The van der Waals surface area contributed by atoms with Gasteiger partial charge in [-0.2, -0.15) is 0 Å². The monoisotopic (exact) mass is 939 g/mol. The van der Waals surface area contributed by atoms with Crippen LogP contribution in [0, 0.1) is 0 Å². The van der Waals surface area contributed by atoms with Crippen LogP contribution < -0.4 is 36.8 Å². The third kappa shape index (κ3) is 18.6. The number of rotatable bonds is 21. The number of hydrogen-bond donors (Lipinski definition) is 6. The number of urea groups is 1. The van der Waals surface area contributed by atoms with E-state index in [1.54, 1.807) is 49.5 Å². The van der Waals surface area contributed by atoms with Crippen LogP contribution in [-0.4, -0.2) is 95.9 Å². The fourth-order valence-electron chi connectivity index (χ4n) is 6.03. The van der Waals surface area contributed by atoms with Crippen LogP contribution >= 0.6 is 7.82 Å². The number of quaternary nitrogens is 1. The van der Waals surface area contributed by atoms with E-state index in [4.69, 9.17) is 23.3 Å². The Morgan fingerprint density at radius 1 is 0.537 bits per heavy atom. The molecule has 0 bridgehead atoms. The van der Waals surface area contributed by atoms with E-state index in [-0.39, 0.29) is 24.7 Å². The van der Waals surface area contributed by atoms with Crippen LogP contribution in [0.25, 0.3) is 0 Å². The SMILES string of the molecule is CNc1cc(NC(=O)Nc2ccc(Cc3ccc(NC(=O)OCOC(=O)Nc4ccc(Cc5ccc(NC(C)=O)cc5)cc4)cc3)cc2)cc(C(=O)OCCOP(=O)([O-])OCC[N+](C)(C)C)c1. The lowest BCUT2D eigenvalue weighted by molar-refractivity contribution is -0.870. The topological polar surface area (TPSA) is 244 Å². The Hall–Kier alpha value is -7.28. The van der Waals surface area contributed by atoms with E-state index in [1.807, 2.05) is 81.8 Å². The van der Waals surface area contributed by atoms with Crippen LogP contribution in [-0.2, 0) is 45.5 Å². The molecule has 5 aromatic rings. The average molecular weight is 940 g/mol. The van der Waals surface area contributed by atoms with Crippen molar-refractivity contribution < 1.29 is 61.2 Å². The molecule has 0 saturated carbocycles. The second-order valence-electron chi connectivity index (χ2n) is 15.9. The second-order valence-corrected chi connectivity index (χ2v) is 17.4. The summed E-state index contributed by atoms with van der Waals surface area (Å²) in [5.74, 6) is -0.894. The van der Waals surface area contributed by atoms with Crippen molar-refractivity contribution >= 4 is 72.0 Å². The fraction of sp³-hybridized carbons (Fsp3) is 0.255. The van der Waals surface area contributed by atoms with E-state index in [2.05, 4.69) is 31.9 Å². The Labute approximate surface area is 388 Å². The van der Waals surface area contributed by atoms with Gasteiger partial charge in [0.05, 0.1) is 33.3 Å². The van der Waals surface area contributed by atoms with E-state index in [1.165, 1.54) is 19.1 Å². The minimum Gasteiger partial charge on any atom is -0.756 e. The molecule has 5 aromatic carbocycles. The molecule has 5 rings (SSSR count). The summed E-state index contributed by atoms with van der Waals surface area (Å²) in [5, 5.41) is 16.3. The lowest BCUT2D eigenvalue weighted by Crippen LogP contribution is -2.37. The zero-order valence-corrected chi connectivity index (χ0v) is 38.6. The van der Waals surface area contributed by atoms with E-state index in [0.717, 1.165) is 27.9 Å². The van der Waals surface area contributed by atoms with E-state index in [9.17, 15) is 33.4 Å². The first-order chi connectivity index (χ1) is 31.9. The maximum absolute atomic E-state index is 12.9. The van der Waals surface area contributed by atoms with Gasteiger partial charge in [-0.05, 0) is 102 Å². The van der Waals surface area contributed by atoms with Crippen LogP contribution in [0.3, 0.4) is 0 Å². The van der Waals surface area contributed by atoms with Crippen LogP contribution in [0.4, 0.5) is 48.5 Å². The van der Waals surface area contributed by atoms with Gasteiger partial charge in [0.25, 0.3) is 7.82 Å². The summed E-state index contributed by atoms with van der Waals surface area (Å²) in [5.41, 5.74) is 7.06. The highest BCUT2D eigenvalue weighted by atomic mass is 31.2. The summed E-state index contributed by atoms with van der Waals surface area (Å²) < 4.78 is 37.3. The van der Waals surface area contributed by atoms with Gasteiger partial charge in [0.2, 0.25) is 12.7 Å². The predicted molar refractivity (Wildman–Crippen MR) is 252 cm³/mol. The first-order valence-corrected chi connectivity index (χ1v) is 22.4. The number of nitrogens with zero attached hydrogens (tertiary/aromatic N) is 1. The van der Waals surface area contributed by atoms with Gasteiger partial charge in [0.15, 0.2) is 0 Å². The van der Waals surface area contributed by atoms with E-state index in [0.29, 0.717) is 52.3 Å². The number of carbonyl (C=O) groups is 5. The predicted octanol–water partition coefficient (Wildman–Crippen LogP) is 7.63. The van der Waals surface area contributed by atoms with Crippen molar-refractivity contribution in [3.05, 3.63) is 143 Å². The number of amides is 5. The number of likely N-dealkylation sites (N-methyl/N-ethyl adjacent to an activating group) is 1. The standard InChI is InChI=1S/C47H54N7O12P/c1-32(55)49-38-14-6-33(7-15-38)26-35-10-18-40(19-11-35)52-46(58)63-31-64-47(59)53-41-20-12-36(13-21-41)27-34-8-16-39(17-9-34)50-45(57)51-43-29-37(28-42(30-43)48-2)44(56)62-24-25-66-67(60,61)65-23-22-54(3,4)5/h6-21,28-30,48H,22-27,31H2,1-5H3,(H5-,49,50,51,52,53,55,57,58,59,60,61). The Kier molecular flexibility index (Phi) is 18.4. The molecule has 6 N–H and O–H groups in total. The highest BCUT2D eigenvalue weighted by Crippen LogP contribution is 2.37. The third-order valence-corrected chi connectivity index (χ3v) is 10.4. The molecule has 5 amide bonds. The molecular weight excluding hydrogens is 886 g/mol. The molecule has 0 aromatic heterocycles. The first kappa shape index (κ1) is 50.7. The number of ether oxygens (including phenoxy) is 3. The number of phosphoric ester groups is 1. The molecule has 0 aliphatic heterocycles. The van der Waals surface area contributed by atoms with Gasteiger partial charge in [0.1, 0.15) is 19.8 Å². The number of nitrogens with one attached hydrogen (secondary N) is 6. The van der Waals surface area contributed by atoms with Gasteiger partial charge in [-0.15, -0.1) is 0 Å². The fourth-order valence-corrected chi connectivity index (χ4v) is 6.71. The normalized spacial score (nSPS) is 11.9. The molecule has 0 fully saturated rings. The summed E-state index contributed by atoms with van der Waals surface area (Å²) >= 11 is 0. The van der Waals surface area contributed by atoms with Gasteiger partial charge in [-0.1, -0.05) is 48.5 Å². The highest BCUT2D eigenvalue weighted by molar-refractivity contribution is 7.45. The number of esters is 1. The molecule has 0 aliphatic carbocycles. The summed E-state index contributed by atoms with van der Waals surface area (Å²) in [6, 6.07) is 33.0. The van der Waals surface area contributed by atoms with E-state index < -0.39 is 45.4 Å².